The van der Waals surface area contributed by atoms with Crippen LogP contribution in [0.1, 0.15) is 5.56 Å². The standard InChI is InChI=1S/C13H10ClN3O4S/c14-11-3-1-2-10(8-11)9-15-16-22(20,21)13-6-4-12(5-7-13)17(18)19/h1-9,16H/b15-9+. The summed E-state index contributed by atoms with van der Waals surface area (Å²) >= 11 is 5.79. The maximum atomic E-state index is 11.9. The molecule has 0 spiro atoms. The SMILES string of the molecule is O=[N+]([O-])c1ccc(S(=O)(=O)N/N=C/c2cccc(Cl)c2)cc1. The van der Waals surface area contributed by atoms with Gasteiger partial charge in [-0.2, -0.15) is 13.5 Å². The predicted molar refractivity (Wildman–Crippen MR) is 82.5 cm³/mol. The van der Waals surface area contributed by atoms with Crippen molar-refractivity contribution in [2.24, 2.45) is 5.10 Å². The number of hydrazone groups is 1. The molecule has 0 amide bonds. The van der Waals surface area contributed by atoms with E-state index in [1.165, 1.54) is 6.21 Å². The molecule has 1 N–H and O–H groups in total. The Kier molecular flexibility index (Phi) is 4.74. The molecule has 0 atom stereocenters. The van der Waals surface area contributed by atoms with Crippen LogP contribution in [-0.2, 0) is 10.0 Å². The first-order valence-corrected chi connectivity index (χ1v) is 7.79. The molecule has 2 rings (SSSR count). The van der Waals surface area contributed by atoms with E-state index >= 15 is 0 Å². The third kappa shape index (κ3) is 4.03. The molecule has 22 heavy (non-hydrogen) atoms. The normalized spacial score (nSPS) is 11.5. The first kappa shape index (κ1) is 15.9. The fourth-order valence-corrected chi connectivity index (χ4v) is 2.55. The van der Waals surface area contributed by atoms with Crippen molar-refractivity contribution in [1.29, 1.82) is 0 Å². The predicted octanol–water partition coefficient (Wildman–Crippen LogP) is 2.56. The largest absolute Gasteiger partial charge is 0.276 e. The first-order valence-electron chi connectivity index (χ1n) is 5.93. The van der Waals surface area contributed by atoms with Gasteiger partial charge in [0, 0.05) is 17.2 Å². The van der Waals surface area contributed by atoms with Gasteiger partial charge in [0.1, 0.15) is 0 Å². The van der Waals surface area contributed by atoms with Gasteiger partial charge in [-0.05, 0) is 29.8 Å². The Bertz CT molecular complexity index is 819. The van der Waals surface area contributed by atoms with Crippen molar-refractivity contribution in [2.75, 3.05) is 0 Å². The molecule has 0 unspecified atom stereocenters. The molecular weight excluding hydrogens is 330 g/mol. The van der Waals surface area contributed by atoms with Crippen LogP contribution in [0.5, 0.6) is 0 Å². The van der Waals surface area contributed by atoms with Crippen molar-refractivity contribution in [3.63, 3.8) is 0 Å². The van der Waals surface area contributed by atoms with Gasteiger partial charge in [-0.15, -0.1) is 0 Å². The molecule has 0 heterocycles. The minimum atomic E-state index is -3.89. The van der Waals surface area contributed by atoms with Crippen molar-refractivity contribution in [3.8, 4) is 0 Å². The lowest BCUT2D eigenvalue weighted by molar-refractivity contribution is -0.384. The molecule has 0 bridgehead atoms. The average Bonchev–Trinajstić information content (AvgIpc) is 2.47. The minimum absolute atomic E-state index is 0.124. The number of sulfonamides is 1. The van der Waals surface area contributed by atoms with Gasteiger partial charge in [0.05, 0.1) is 16.0 Å². The number of nitrogens with one attached hydrogen (secondary N) is 1. The quantitative estimate of drug-likeness (QED) is 0.513. The Labute approximate surface area is 131 Å². The van der Waals surface area contributed by atoms with Crippen LogP contribution in [0.4, 0.5) is 5.69 Å². The van der Waals surface area contributed by atoms with E-state index in [9.17, 15) is 18.5 Å². The highest BCUT2D eigenvalue weighted by Crippen LogP contribution is 2.15. The van der Waals surface area contributed by atoms with Crippen LogP contribution in [0.2, 0.25) is 5.02 Å². The molecule has 0 saturated carbocycles. The fraction of sp³-hybridized carbons (Fsp3) is 0. The summed E-state index contributed by atoms with van der Waals surface area (Å²) in [5.41, 5.74) is 0.431. The second-order valence-corrected chi connectivity index (χ2v) is 6.26. The molecule has 0 aromatic heterocycles. The molecule has 0 saturated heterocycles. The lowest BCUT2D eigenvalue weighted by Gasteiger charge is -2.02. The van der Waals surface area contributed by atoms with Gasteiger partial charge in [0.2, 0.25) is 0 Å². The van der Waals surface area contributed by atoms with Gasteiger partial charge in [-0.3, -0.25) is 10.1 Å². The Morgan fingerprint density at radius 3 is 2.45 bits per heavy atom. The molecule has 0 fully saturated rings. The average molecular weight is 340 g/mol. The number of hydrogen-bond acceptors (Lipinski definition) is 5. The van der Waals surface area contributed by atoms with Crippen molar-refractivity contribution < 1.29 is 13.3 Å². The number of nitrogens with zero attached hydrogens (tertiary/aromatic N) is 2. The molecule has 2 aromatic carbocycles. The van der Waals surface area contributed by atoms with Crippen LogP contribution in [0.15, 0.2) is 58.5 Å². The van der Waals surface area contributed by atoms with Crippen LogP contribution in [-0.4, -0.2) is 19.6 Å². The van der Waals surface area contributed by atoms with E-state index < -0.39 is 14.9 Å². The van der Waals surface area contributed by atoms with E-state index in [4.69, 9.17) is 11.6 Å². The lowest BCUT2D eigenvalue weighted by atomic mass is 10.2. The van der Waals surface area contributed by atoms with E-state index in [-0.39, 0.29) is 10.6 Å². The topological polar surface area (TPSA) is 102 Å². The molecule has 0 aliphatic rings. The summed E-state index contributed by atoms with van der Waals surface area (Å²) in [5, 5.41) is 14.7. The van der Waals surface area contributed by atoms with Crippen LogP contribution in [0, 0.1) is 10.1 Å². The number of nitro groups is 1. The zero-order valence-electron chi connectivity index (χ0n) is 11.0. The number of halogens is 1. The number of hydrogen-bond donors (Lipinski definition) is 1. The summed E-state index contributed by atoms with van der Waals surface area (Å²) in [7, 11) is -3.89. The Morgan fingerprint density at radius 1 is 1.18 bits per heavy atom. The molecule has 2 aromatic rings. The van der Waals surface area contributed by atoms with Crippen molar-refractivity contribution in [2.45, 2.75) is 4.90 Å². The van der Waals surface area contributed by atoms with Gasteiger partial charge < -0.3 is 0 Å². The highest BCUT2D eigenvalue weighted by molar-refractivity contribution is 7.89. The van der Waals surface area contributed by atoms with Gasteiger partial charge in [0.15, 0.2) is 0 Å². The first-order chi connectivity index (χ1) is 10.4. The van der Waals surface area contributed by atoms with Crippen LogP contribution in [0.25, 0.3) is 0 Å². The maximum absolute atomic E-state index is 11.9. The third-order valence-corrected chi connectivity index (χ3v) is 4.07. The second kappa shape index (κ2) is 6.54. The number of nitro benzene ring substituents is 1. The van der Waals surface area contributed by atoms with Crippen LogP contribution < -0.4 is 4.83 Å². The summed E-state index contributed by atoms with van der Waals surface area (Å²) in [6, 6.07) is 11.2. The maximum Gasteiger partial charge on any atom is 0.276 e. The van der Waals surface area contributed by atoms with Gasteiger partial charge in [0.25, 0.3) is 15.7 Å². The molecule has 0 radical (unpaired) electrons. The van der Waals surface area contributed by atoms with Crippen molar-refractivity contribution in [3.05, 3.63) is 69.2 Å². The fourth-order valence-electron chi connectivity index (χ4n) is 1.56. The van der Waals surface area contributed by atoms with E-state index in [2.05, 4.69) is 5.10 Å². The Hall–Kier alpha value is -2.45. The number of non-ortho nitro benzene ring substituents is 1. The van der Waals surface area contributed by atoms with E-state index in [0.29, 0.717) is 10.6 Å². The summed E-state index contributed by atoms with van der Waals surface area (Å²) in [6.07, 6.45) is 1.30. The molecule has 7 nitrogen and oxygen atoms in total. The molecule has 0 aliphatic carbocycles. The molecule has 9 heteroatoms. The van der Waals surface area contributed by atoms with Crippen LogP contribution in [0.3, 0.4) is 0 Å². The molecule has 0 aliphatic heterocycles. The highest BCUT2D eigenvalue weighted by Gasteiger charge is 2.14. The van der Waals surface area contributed by atoms with E-state index in [1.54, 1.807) is 24.3 Å². The lowest BCUT2D eigenvalue weighted by Crippen LogP contribution is -2.18. The zero-order chi connectivity index (χ0) is 16.2. The highest BCUT2D eigenvalue weighted by atomic mass is 35.5. The van der Waals surface area contributed by atoms with Crippen LogP contribution >= 0.6 is 11.6 Å². The summed E-state index contributed by atoms with van der Waals surface area (Å²) in [6.45, 7) is 0. The van der Waals surface area contributed by atoms with E-state index in [0.717, 1.165) is 24.3 Å². The molecule has 114 valence electrons. The zero-order valence-corrected chi connectivity index (χ0v) is 12.6. The molecular formula is C13H10ClN3O4S. The van der Waals surface area contributed by atoms with Crippen molar-refractivity contribution in [1.82, 2.24) is 4.83 Å². The van der Waals surface area contributed by atoms with Gasteiger partial charge in [-0.25, -0.2) is 4.83 Å². The minimum Gasteiger partial charge on any atom is -0.258 e. The monoisotopic (exact) mass is 339 g/mol. The summed E-state index contributed by atoms with van der Waals surface area (Å²) < 4.78 is 23.9. The van der Waals surface area contributed by atoms with E-state index in [1.807, 2.05) is 4.83 Å². The second-order valence-electron chi connectivity index (χ2n) is 4.16. The Balaban J connectivity index is 2.12. The number of benzene rings is 2. The van der Waals surface area contributed by atoms with Gasteiger partial charge in [-0.1, -0.05) is 23.7 Å². The smallest absolute Gasteiger partial charge is 0.258 e. The number of rotatable bonds is 5. The summed E-state index contributed by atoms with van der Waals surface area (Å²) in [5.74, 6) is 0. The van der Waals surface area contributed by atoms with Gasteiger partial charge >= 0.3 is 0 Å². The van der Waals surface area contributed by atoms with Crippen molar-refractivity contribution >= 4 is 33.5 Å². The third-order valence-electron chi connectivity index (χ3n) is 2.59. The summed E-state index contributed by atoms with van der Waals surface area (Å²) in [4.78, 5) is 11.8. The Morgan fingerprint density at radius 2 is 1.86 bits per heavy atom.